The van der Waals surface area contributed by atoms with Gasteiger partial charge in [-0.3, -0.25) is 4.79 Å². The minimum Gasteiger partial charge on any atom is -0.368 e. The number of hydrogen-bond acceptors (Lipinski definition) is 2. The molecular weight excluding hydrogens is 224 g/mol. The van der Waals surface area contributed by atoms with E-state index in [0.717, 1.165) is 6.07 Å². The zero-order chi connectivity index (χ0) is 12.6. The van der Waals surface area contributed by atoms with E-state index >= 15 is 0 Å². The second-order valence-corrected chi connectivity index (χ2v) is 4.54. The zero-order valence-corrected chi connectivity index (χ0v) is 9.91. The van der Waals surface area contributed by atoms with Crippen LogP contribution >= 0.6 is 0 Å². The van der Waals surface area contributed by atoms with E-state index in [4.69, 9.17) is 0 Å². The maximum Gasteiger partial charge on any atom is 0.160 e. The molecule has 0 N–H and O–H groups in total. The molecule has 1 saturated heterocycles. The molecule has 0 aliphatic carbocycles. The standard InChI is InChI=1S/C13H15F2NO/c1-8-9(2)16(6-5-13(8)17)10-3-4-11(14)12(15)7-10/h3-4,7-9H,5-6H2,1-2H3. The lowest BCUT2D eigenvalue weighted by molar-refractivity contribution is -0.123. The monoisotopic (exact) mass is 239 g/mol. The van der Waals surface area contributed by atoms with Crippen molar-refractivity contribution in [3.8, 4) is 0 Å². The summed E-state index contributed by atoms with van der Waals surface area (Å²) in [6.07, 6.45) is 0.463. The summed E-state index contributed by atoms with van der Waals surface area (Å²) in [7, 11) is 0. The van der Waals surface area contributed by atoms with Crippen molar-refractivity contribution in [3.05, 3.63) is 29.8 Å². The lowest BCUT2D eigenvalue weighted by Crippen LogP contribution is -2.47. The van der Waals surface area contributed by atoms with Gasteiger partial charge >= 0.3 is 0 Å². The fraction of sp³-hybridized carbons (Fsp3) is 0.462. The van der Waals surface area contributed by atoms with Gasteiger partial charge in [0, 0.05) is 36.7 Å². The van der Waals surface area contributed by atoms with Crippen molar-refractivity contribution in [1.82, 2.24) is 0 Å². The van der Waals surface area contributed by atoms with E-state index in [2.05, 4.69) is 0 Å². The highest BCUT2D eigenvalue weighted by molar-refractivity contribution is 5.84. The van der Waals surface area contributed by atoms with Crippen molar-refractivity contribution in [2.24, 2.45) is 5.92 Å². The van der Waals surface area contributed by atoms with Crippen LogP contribution in [0.4, 0.5) is 14.5 Å². The van der Waals surface area contributed by atoms with E-state index < -0.39 is 11.6 Å². The largest absolute Gasteiger partial charge is 0.368 e. The maximum absolute atomic E-state index is 13.2. The van der Waals surface area contributed by atoms with Crippen LogP contribution in [0.15, 0.2) is 18.2 Å². The van der Waals surface area contributed by atoms with Crippen LogP contribution in [0.2, 0.25) is 0 Å². The molecule has 4 heteroatoms. The lowest BCUT2D eigenvalue weighted by Gasteiger charge is -2.38. The van der Waals surface area contributed by atoms with Crippen LogP contribution in [0.1, 0.15) is 20.3 Å². The molecule has 2 rings (SSSR count). The number of carbonyl (C=O) groups excluding carboxylic acids is 1. The van der Waals surface area contributed by atoms with Crippen LogP contribution in [0.5, 0.6) is 0 Å². The number of piperidine rings is 1. The summed E-state index contributed by atoms with van der Waals surface area (Å²) in [6, 6.07) is 3.88. The molecule has 0 bridgehead atoms. The smallest absolute Gasteiger partial charge is 0.160 e. The molecule has 0 spiro atoms. The number of benzene rings is 1. The molecule has 92 valence electrons. The molecule has 0 radical (unpaired) electrons. The molecule has 2 atom stereocenters. The first-order chi connectivity index (χ1) is 8.00. The molecule has 17 heavy (non-hydrogen) atoms. The predicted molar refractivity (Wildman–Crippen MR) is 62.0 cm³/mol. The van der Waals surface area contributed by atoms with E-state index in [1.807, 2.05) is 18.7 Å². The van der Waals surface area contributed by atoms with Gasteiger partial charge in [-0.1, -0.05) is 6.92 Å². The maximum atomic E-state index is 13.2. The van der Waals surface area contributed by atoms with Crippen molar-refractivity contribution in [2.75, 3.05) is 11.4 Å². The minimum absolute atomic E-state index is 0.0149. The molecule has 0 aromatic heterocycles. The zero-order valence-electron chi connectivity index (χ0n) is 9.91. The Balaban J connectivity index is 2.27. The summed E-state index contributed by atoms with van der Waals surface area (Å²) in [4.78, 5) is 13.5. The number of carbonyl (C=O) groups is 1. The van der Waals surface area contributed by atoms with E-state index in [0.29, 0.717) is 18.7 Å². The first-order valence-electron chi connectivity index (χ1n) is 5.75. The molecule has 1 aromatic rings. The molecule has 1 heterocycles. The van der Waals surface area contributed by atoms with Crippen LogP contribution in [-0.4, -0.2) is 18.4 Å². The van der Waals surface area contributed by atoms with Crippen LogP contribution in [-0.2, 0) is 4.79 Å². The Kier molecular flexibility index (Phi) is 3.13. The number of hydrogen-bond donors (Lipinski definition) is 0. The number of anilines is 1. The predicted octanol–water partition coefficient (Wildman–Crippen LogP) is 2.77. The number of nitrogens with zero attached hydrogens (tertiary/aromatic N) is 1. The second-order valence-electron chi connectivity index (χ2n) is 4.54. The summed E-state index contributed by atoms with van der Waals surface area (Å²) in [6.45, 7) is 4.37. The fourth-order valence-corrected chi connectivity index (χ4v) is 2.23. The van der Waals surface area contributed by atoms with E-state index in [1.165, 1.54) is 6.07 Å². The Morgan fingerprint density at radius 2 is 1.94 bits per heavy atom. The topological polar surface area (TPSA) is 20.3 Å². The van der Waals surface area contributed by atoms with Gasteiger partial charge in [0.2, 0.25) is 0 Å². The molecule has 0 saturated carbocycles. The third-order valence-electron chi connectivity index (χ3n) is 3.56. The molecule has 1 aromatic carbocycles. The van der Waals surface area contributed by atoms with E-state index in [9.17, 15) is 13.6 Å². The summed E-state index contributed by atoms with van der Waals surface area (Å²) < 4.78 is 26.0. The highest BCUT2D eigenvalue weighted by Crippen LogP contribution is 2.27. The van der Waals surface area contributed by atoms with Gasteiger partial charge in [-0.05, 0) is 19.1 Å². The Hall–Kier alpha value is -1.45. The van der Waals surface area contributed by atoms with Gasteiger partial charge in [0.1, 0.15) is 5.78 Å². The fourth-order valence-electron chi connectivity index (χ4n) is 2.23. The number of halogens is 2. The van der Waals surface area contributed by atoms with Gasteiger partial charge in [0.05, 0.1) is 0 Å². The van der Waals surface area contributed by atoms with Crippen LogP contribution < -0.4 is 4.90 Å². The molecule has 2 unspecified atom stereocenters. The SMILES string of the molecule is CC1C(=O)CCN(c2ccc(F)c(F)c2)C1C. The Bertz CT molecular complexity index is 447. The summed E-state index contributed by atoms with van der Waals surface area (Å²) in [5.41, 5.74) is 0.635. The lowest BCUT2D eigenvalue weighted by atomic mass is 9.90. The Labute approximate surface area is 99.2 Å². The molecular formula is C13H15F2NO. The number of rotatable bonds is 1. The van der Waals surface area contributed by atoms with E-state index in [-0.39, 0.29) is 17.7 Å². The Morgan fingerprint density at radius 1 is 1.24 bits per heavy atom. The average Bonchev–Trinajstić information content (AvgIpc) is 2.30. The highest BCUT2D eigenvalue weighted by Gasteiger charge is 2.31. The van der Waals surface area contributed by atoms with Gasteiger partial charge in [0.25, 0.3) is 0 Å². The highest BCUT2D eigenvalue weighted by atomic mass is 19.2. The quantitative estimate of drug-likeness (QED) is 0.751. The molecule has 1 fully saturated rings. The summed E-state index contributed by atoms with van der Waals surface area (Å²) in [5, 5.41) is 0. The normalized spacial score (nSPS) is 25.2. The number of Topliss-reactive ketones (excluding diaryl/α,β-unsaturated/α-hetero) is 1. The van der Waals surface area contributed by atoms with Gasteiger partial charge < -0.3 is 4.90 Å². The third kappa shape index (κ3) is 2.16. The first-order valence-corrected chi connectivity index (χ1v) is 5.75. The van der Waals surface area contributed by atoms with Gasteiger partial charge in [-0.2, -0.15) is 0 Å². The third-order valence-corrected chi connectivity index (χ3v) is 3.56. The van der Waals surface area contributed by atoms with E-state index in [1.54, 1.807) is 6.07 Å². The van der Waals surface area contributed by atoms with Crippen LogP contribution in [0.25, 0.3) is 0 Å². The number of ketones is 1. The Morgan fingerprint density at radius 3 is 2.59 bits per heavy atom. The molecule has 1 aliphatic rings. The average molecular weight is 239 g/mol. The summed E-state index contributed by atoms with van der Waals surface area (Å²) >= 11 is 0. The van der Waals surface area contributed by atoms with Crippen molar-refractivity contribution in [1.29, 1.82) is 0 Å². The van der Waals surface area contributed by atoms with Crippen molar-refractivity contribution in [2.45, 2.75) is 26.3 Å². The first kappa shape index (κ1) is 12.0. The van der Waals surface area contributed by atoms with Gasteiger partial charge in [0.15, 0.2) is 11.6 Å². The van der Waals surface area contributed by atoms with Crippen LogP contribution in [0, 0.1) is 17.6 Å². The van der Waals surface area contributed by atoms with Gasteiger partial charge in [-0.15, -0.1) is 0 Å². The minimum atomic E-state index is -0.848. The van der Waals surface area contributed by atoms with Crippen LogP contribution in [0.3, 0.4) is 0 Å². The molecule has 0 amide bonds. The van der Waals surface area contributed by atoms with Crippen molar-refractivity contribution < 1.29 is 13.6 Å². The van der Waals surface area contributed by atoms with Crippen molar-refractivity contribution in [3.63, 3.8) is 0 Å². The molecule has 1 aliphatic heterocycles. The second kappa shape index (κ2) is 4.43. The molecule has 2 nitrogen and oxygen atoms in total. The summed E-state index contributed by atoms with van der Waals surface area (Å²) in [5.74, 6) is -1.53. The van der Waals surface area contributed by atoms with Crippen molar-refractivity contribution >= 4 is 11.5 Å². The van der Waals surface area contributed by atoms with Gasteiger partial charge in [-0.25, -0.2) is 8.78 Å².